The molecule has 0 bridgehead atoms. The molecule has 1 aliphatic heterocycles. The normalized spacial score (nSPS) is 13.6. The second-order valence-corrected chi connectivity index (χ2v) is 4.21. The van der Waals surface area contributed by atoms with Crippen molar-refractivity contribution in [1.29, 1.82) is 0 Å². The molecule has 1 aliphatic rings. The van der Waals surface area contributed by atoms with Crippen molar-refractivity contribution in [2.24, 2.45) is 0 Å². The van der Waals surface area contributed by atoms with Crippen LogP contribution < -0.4 is 14.4 Å². The van der Waals surface area contributed by atoms with E-state index in [9.17, 15) is 5.11 Å². The Morgan fingerprint density at radius 1 is 1.32 bits per heavy atom. The molecule has 0 radical (unpaired) electrons. The van der Waals surface area contributed by atoms with Crippen LogP contribution in [0.5, 0.6) is 17.4 Å². The van der Waals surface area contributed by atoms with Crippen molar-refractivity contribution in [3.05, 3.63) is 36.5 Å². The summed E-state index contributed by atoms with van der Waals surface area (Å²) in [5.74, 6) is 1.56. The van der Waals surface area contributed by atoms with Crippen LogP contribution in [0.3, 0.4) is 0 Å². The number of rotatable bonds is 2. The molecule has 1 N–H and O–H groups in total. The zero-order valence-corrected chi connectivity index (χ0v) is 10.5. The molecule has 2 aromatic rings. The molecule has 0 spiro atoms. The number of ether oxygens (including phenoxy) is 2. The predicted octanol–water partition coefficient (Wildman–Crippen LogP) is 2.33. The molecule has 3 rings (SSSR count). The van der Waals surface area contributed by atoms with Crippen LogP contribution in [-0.2, 0) is 0 Å². The summed E-state index contributed by atoms with van der Waals surface area (Å²) < 4.78 is 10.6. The summed E-state index contributed by atoms with van der Waals surface area (Å²) in [5.41, 5.74) is 1.79. The van der Waals surface area contributed by atoms with Gasteiger partial charge in [0.2, 0.25) is 5.88 Å². The van der Waals surface area contributed by atoms with Crippen molar-refractivity contribution in [3.63, 3.8) is 0 Å². The minimum absolute atomic E-state index is 0.218. The third-order valence-corrected chi connectivity index (χ3v) is 3.05. The fourth-order valence-electron chi connectivity index (χ4n) is 2.13. The van der Waals surface area contributed by atoms with Gasteiger partial charge in [-0.05, 0) is 18.2 Å². The average molecular weight is 258 g/mol. The summed E-state index contributed by atoms with van der Waals surface area (Å²) in [4.78, 5) is 6.26. The Bertz CT molecular complexity index is 584. The second-order valence-electron chi connectivity index (χ2n) is 4.21. The second kappa shape index (κ2) is 4.68. The first-order valence-electron chi connectivity index (χ1n) is 6.01. The maximum absolute atomic E-state index is 9.62. The van der Waals surface area contributed by atoms with E-state index in [1.807, 2.05) is 12.1 Å². The van der Waals surface area contributed by atoms with Gasteiger partial charge in [0, 0.05) is 12.1 Å². The number of nitrogens with zero attached hydrogens (tertiary/aromatic N) is 2. The Morgan fingerprint density at radius 2 is 2.21 bits per heavy atom. The van der Waals surface area contributed by atoms with E-state index in [0.29, 0.717) is 19.0 Å². The molecule has 0 unspecified atom stereocenters. The lowest BCUT2D eigenvalue weighted by atomic mass is 10.2. The van der Waals surface area contributed by atoms with Gasteiger partial charge in [-0.2, -0.15) is 0 Å². The van der Waals surface area contributed by atoms with Crippen LogP contribution in [0.1, 0.15) is 0 Å². The summed E-state index contributed by atoms with van der Waals surface area (Å²) in [6.45, 7) is 1.31. The fourth-order valence-corrected chi connectivity index (χ4v) is 2.13. The number of hydrogen-bond donors (Lipinski definition) is 1. The largest absolute Gasteiger partial charge is 0.508 e. The van der Waals surface area contributed by atoms with E-state index in [1.54, 1.807) is 31.5 Å². The highest BCUT2D eigenvalue weighted by Crippen LogP contribution is 2.38. The van der Waals surface area contributed by atoms with Crippen LogP contribution in [0.15, 0.2) is 36.5 Å². The van der Waals surface area contributed by atoms with Gasteiger partial charge in [-0.25, -0.2) is 4.98 Å². The number of fused-ring (bicyclic) bond motifs is 1. The number of phenolic OH excluding ortho intramolecular Hbond substituents is 1. The fraction of sp³-hybridized carbons (Fsp3) is 0.214. The molecule has 0 saturated heterocycles. The summed E-state index contributed by atoms with van der Waals surface area (Å²) in [7, 11) is 1.59. The number of methoxy groups -OCH3 is 1. The lowest BCUT2D eigenvalue weighted by Gasteiger charge is -2.31. The molecule has 0 amide bonds. The SMILES string of the molecule is COc1ccc(N2CCOc3ccc(O)cc32)cn1. The topological polar surface area (TPSA) is 54.8 Å². The molecule has 2 heterocycles. The molecular weight excluding hydrogens is 244 g/mol. The average Bonchev–Trinajstić information content (AvgIpc) is 2.47. The van der Waals surface area contributed by atoms with Crippen LogP contribution >= 0.6 is 0 Å². The van der Waals surface area contributed by atoms with Crippen LogP contribution in [0.2, 0.25) is 0 Å². The highest BCUT2D eigenvalue weighted by atomic mass is 16.5. The van der Waals surface area contributed by atoms with Gasteiger partial charge in [0.15, 0.2) is 0 Å². The van der Waals surface area contributed by atoms with Crippen molar-refractivity contribution in [2.75, 3.05) is 25.2 Å². The third-order valence-electron chi connectivity index (χ3n) is 3.05. The van der Waals surface area contributed by atoms with Crippen LogP contribution in [0.4, 0.5) is 11.4 Å². The molecular formula is C14H14N2O3. The molecule has 5 heteroatoms. The van der Waals surface area contributed by atoms with Gasteiger partial charge in [-0.15, -0.1) is 0 Å². The van der Waals surface area contributed by atoms with Gasteiger partial charge in [0.1, 0.15) is 18.1 Å². The highest BCUT2D eigenvalue weighted by Gasteiger charge is 2.20. The maximum atomic E-state index is 9.62. The maximum Gasteiger partial charge on any atom is 0.213 e. The molecule has 5 nitrogen and oxygen atoms in total. The standard InChI is InChI=1S/C14H14N2O3/c1-18-14-5-2-10(9-15-14)16-6-7-19-13-4-3-11(17)8-12(13)16/h2-5,8-9,17H,6-7H2,1H3. The molecule has 19 heavy (non-hydrogen) atoms. The smallest absolute Gasteiger partial charge is 0.213 e. The summed E-state index contributed by atoms with van der Waals surface area (Å²) >= 11 is 0. The van der Waals surface area contributed by atoms with Gasteiger partial charge in [-0.1, -0.05) is 0 Å². The van der Waals surface area contributed by atoms with Crippen molar-refractivity contribution in [1.82, 2.24) is 4.98 Å². The van der Waals surface area contributed by atoms with E-state index >= 15 is 0 Å². The van der Waals surface area contributed by atoms with Crippen molar-refractivity contribution in [3.8, 4) is 17.4 Å². The van der Waals surface area contributed by atoms with Crippen molar-refractivity contribution in [2.45, 2.75) is 0 Å². The number of benzene rings is 1. The monoisotopic (exact) mass is 258 g/mol. The van der Waals surface area contributed by atoms with Crippen molar-refractivity contribution >= 4 is 11.4 Å². The lowest BCUT2D eigenvalue weighted by Crippen LogP contribution is -2.28. The van der Waals surface area contributed by atoms with Gasteiger partial charge in [0.25, 0.3) is 0 Å². The summed E-state index contributed by atoms with van der Waals surface area (Å²) in [6.07, 6.45) is 1.75. The molecule has 0 saturated carbocycles. The Labute approximate surface area is 111 Å². The molecule has 98 valence electrons. The molecule has 0 aliphatic carbocycles. The van der Waals surface area contributed by atoms with Crippen LogP contribution in [-0.4, -0.2) is 30.4 Å². The zero-order chi connectivity index (χ0) is 13.2. The van der Waals surface area contributed by atoms with E-state index in [-0.39, 0.29) is 5.75 Å². The Balaban J connectivity index is 2.00. The first kappa shape index (κ1) is 11.6. The first-order valence-corrected chi connectivity index (χ1v) is 6.01. The van der Waals surface area contributed by atoms with Gasteiger partial charge in [0.05, 0.1) is 31.2 Å². The summed E-state index contributed by atoms with van der Waals surface area (Å²) in [6, 6.07) is 8.83. The van der Waals surface area contributed by atoms with E-state index < -0.39 is 0 Å². The molecule has 1 aromatic heterocycles. The van der Waals surface area contributed by atoms with Gasteiger partial charge >= 0.3 is 0 Å². The van der Waals surface area contributed by atoms with Gasteiger partial charge in [-0.3, -0.25) is 0 Å². The highest BCUT2D eigenvalue weighted by molar-refractivity contribution is 5.71. The van der Waals surface area contributed by atoms with Crippen LogP contribution in [0, 0.1) is 0 Å². The summed E-state index contributed by atoms with van der Waals surface area (Å²) in [5, 5.41) is 9.62. The minimum atomic E-state index is 0.218. The number of phenols is 1. The van der Waals surface area contributed by atoms with E-state index in [0.717, 1.165) is 17.1 Å². The Kier molecular flexibility index (Phi) is 2.87. The number of hydrogen-bond acceptors (Lipinski definition) is 5. The number of aromatic hydroxyl groups is 1. The van der Waals surface area contributed by atoms with E-state index in [2.05, 4.69) is 9.88 Å². The minimum Gasteiger partial charge on any atom is -0.508 e. The zero-order valence-electron chi connectivity index (χ0n) is 10.5. The lowest BCUT2D eigenvalue weighted by molar-refractivity contribution is 0.313. The molecule has 0 fully saturated rings. The van der Waals surface area contributed by atoms with E-state index in [1.165, 1.54) is 0 Å². The molecule has 0 atom stereocenters. The van der Waals surface area contributed by atoms with E-state index in [4.69, 9.17) is 9.47 Å². The Hall–Kier alpha value is -2.43. The predicted molar refractivity (Wildman–Crippen MR) is 71.4 cm³/mol. The quantitative estimate of drug-likeness (QED) is 0.896. The number of pyridine rings is 1. The molecule has 1 aromatic carbocycles. The van der Waals surface area contributed by atoms with Crippen molar-refractivity contribution < 1.29 is 14.6 Å². The number of anilines is 2. The van der Waals surface area contributed by atoms with Gasteiger partial charge < -0.3 is 19.5 Å². The first-order chi connectivity index (χ1) is 9.28. The third kappa shape index (κ3) is 2.14. The Morgan fingerprint density at radius 3 is 2.95 bits per heavy atom. The van der Waals surface area contributed by atoms with Crippen LogP contribution in [0.25, 0.3) is 0 Å². The number of aromatic nitrogens is 1.